The standard InChI is InChI=1S/C23H19ClFN3O3S/c1-27(12-15-5-2-3-7-19(15)25)21(29)14-32-23-26-20-11-16(24)8-9-18(20)22(30)28(23)13-17-6-4-10-31-17/h2-11H,12-14H2,1H3. The predicted octanol–water partition coefficient (Wildman–Crippen LogP) is 4.58. The van der Waals surface area contributed by atoms with Gasteiger partial charge in [0.1, 0.15) is 11.6 Å². The molecule has 0 aliphatic rings. The summed E-state index contributed by atoms with van der Waals surface area (Å²) >= 11 is 7.21. The van der Waals surface area contributed by atoms with E-state index in [0.29, 0.717) is 32.4 Å². The topological polar surface area (TPSA) is 68.3 Å². The molecule has 164 valence electrons. The minimum absolute atomic E-state index is 0.0294. The quantitative estimate of drug-likeness (QED) is 0.291. The molecule has 4 rings (SSSR count). The lowest BCUT2D eigenvalue weighted by Gasteiger charge is -2.18. The van der Waals surface area contributed by atoms with Gasteiger partial charge in [-0.05, 0) is 36.4 Å². The Kier molecular flexibility index (Phi) is 6.62. The summed E-state index contributed by atoms with van der Waals surface area (Å²) in [7, 11) is 1.61. The summed E-state index contributed by atoms with van der Waals surface area (Å²) in [5.41, 5.74) is 0.632. The number of aromatic nitrogens is 2. The third-order valence-electron chi connectivity index (χ3n) is 4.89. The number of nitrogens with zero attached hydrogens (tertiary/aromatic N) is 3. The lowest BCUT2D eigenvalue weighted by Crippen LogP contribution is -2.29. The molecule has 0 atom stereocenters. The van der Waals surface area contributed by atoms with Crippen LogP contribution in [-0.2, 0) is 17.9 Å². The summed E-state index contributed by atoms with van der Waals surface area (Å²) < 4.78 is 20.8. The molecule has 2 aromatic heterocycles. The van der Waals surface area contributed by atoms with Crippen LogP contribution >= 0.6 is 23.4 Å². The molecular weight excluding hydrogens is 453 g/mol. The normalized spacial score (nSPS) is 11.1. The number of carbonyl (C=O) groups excluding carboxylic acids is 1. The fourth-order valence-electron chi connectivity index (χ4n) is 3.19. The minimum Gasteiger partial charge on any atom is -0.467 e. The molecule has 6 nitrogen and oxygen atoms in total. The van der Waals surface area contributed by atoms with E-state index in [2.05, 4.69) is 4.98 Å². The van der Waals surface area contributed by atoms with Crippen LogP contribution in [0.1, 0.15) is 11.3 Å². The maximum atomic E-state index is 13.9. The average Bonchev–Trinajstić information content (AvgIpc) is 3.29. The molecule has 0 saturated heterocycles. The van der Waals surface area contributed by atoms with Crippen LogP contribution < -0.4 is 5.56 Å². The van der Waals surface area contributed by atoms with Gasteiger partial charge in [0, 0.05) is 24.2 Å². The van der Waals surface area contributed by atoms with Crippen LogP contribution in [0, 0.1) is 5.82 Å². The van der Waals surface area contributed by atoms with E-state index < -0.39 is 0 Å². The third-order valence-corrected chi connectivity index (χ3v) is 6.09. The van der Waals surface area contributed by atoms with Crippen molar-refractivity contribution in [3.63, 3.8) is 0 Å². The summed E-state index contributed by atoms with van der Waals surface area (Å²) in [6.07, 6.45) is 1.53. The van der Waals surface area contributed by atoms with Crippen LogP contribution in [0.3, 0.4) is 0 Å². The van der Waals surface area contributed by atoms with E-state index in [1.165, 1.54) is 21.8 Å². The van der Waals surface area contributed by atoms with Crippen LogP contribution in [0.4, 0.5) is 4.39 Å². The number of rotatable bonds is 7. The summed E-state index contributed by atoms with van der Waals surface area (Å²) in [5, 5.41) is 1.26. The highest BCUT2D eigenvalue weighted by Crippen LogP contribution is 2.22. The van der Waals surface area contributed by atoms with E-state index in [9.17, 15) is 14.0 Å². The summed E-state index contributed by atoms with van der Waals surface area (Å²) in [4.78, 5) is 31.8. The first-order valence-electron chi connectivity index (χ1n) is 9.75. The van der Waals surface area contributed by atoms with E-state index in [1.807, 2.05) is 0 Å². The molecule has 0 radical (unpaired) electrons. The lowest BCUT2D eigenvalue weighted by molar-refractivity contribution is -0.127. The molecule has 0 aliphatic heterocycles. The van der Waals surface area contributed by atoms with Crippen molar-refractivity contribution in [2.24, 2.45) is 0 Å². The second-order valence-corrected chi connectivity index (χ2v) is 8.54. The van der Waals surface area contributed by atoms with Gasteiger partial charge in [0.15, 0.2) is 5.16 Å². The van der Waals surface area contributed by atoms with Crippen LogP contribution in [0.15, 0.2) is 75.2 Å². The van der Waals surface area contributed by atoms with Gasteiger partial charge in [-0.25, -0.2) is 9.37 Å². The fourth-order valence-corrected chi connectivity index (χ4v) is 4.29. The summed E-state index contributed by atoms with van der Waals surface area (Å²) in [6.45, 7) is 0.324. The molecular formula is C23H19ClFN3O3S. The maximum absolute atomic E-state index is 13.9. The Morgan fingerprint density at radius 2 is 2.03 bits per heavy atom. The number of amides is 1. The Hall–Kier alpha value is -3.10. The lowest BCUT2D eigenvalue weighted by atomic mass is 10.2. The Bertz CT molecular complexity index is 1320. The van der Waals surface area contributed by atoms with Crippen molar-refractivity contribution in [3.8, 4) is 0 Å². The summed E-state index contributed by atoms with van der Waals surface area (Å²) in [6, 6.07) is 14.7. The highest BCUT2D eigenvalue weighted by atomic mass is 35.5. The second kappa shape index (κ2) is 9.58. The molecule has 0 saturated carbocycles. The molecule has 0 fully saturated rings. The van der Waals surface area contributed by atoms with E-state index in [-0.39, 0.29) is 36.1 Å². The Balaban J connectivity index is 1.59. The number of hydrogen-bond donors (Lipinski definition) is 0. The maximum Gasteiger partial charge on any atom is 0.262 e. The van der Waals surface area contributed by atoms with Gasteiger partial charge < -0.3 is 9.32 Å². The third kappa shape index (κ3) is 4.87. The highest BCUT2D eigenvalue weighted by Gasteiger charge is 2.17. The van der Waals surface area contributed by atoms with Gasteiger partial charge in [0.25, 0.3) is 5.56 Å². The number of benzene rings is 2. The Labute approximate surface area is 192 Å². The van der Waals surface area contributed by atoms with Crippen LogP contribution in [0.5, 0.6) is 0 Å². The van der Waals surface area contributed by atoms with Crippen LogP contribution in [-0.4, -0.2) is 33.2 Å². The predicted molar refractivity (Wildman–Crippen MR) is 122 cm³/mol. The molecule has 4 aromatic rings. The average molecular weight is 472 g/mol. The molecule has 9 heteroatoms. The zero-order valence-corrected chi connectivity index (χ0v) is 18.7. The van der Waals surface area contributed by atoms with Gasteiger partial charge in [0.05, 0.1) is 29.5 Å². The van der Waals surface area contributed by atoms with Gasteiger partial charge in [-0.3, -0.25) is 14.2 Å². The first-order chi connectivity index (χ1) is 15.4. The van der Waals surface area contributed by atoms with Gasteiger partial charge in [-0.1, -0.05) is 41.6 Å². The van der Waals surface area contributed by atoms with Crippen molar-refractivity contribution < 1.29 is 13.6 Å². The first-order valence-corrected chi connectivity index (χ1v) is 11.1. The molecule has 32 heavy (non-hydrogen) atoms. The number of fused-ring (bicyclic) bond motifs is 1. The number of hydrogen-bond acceptors (Lipinski definition) is 5. The Morgan fingerprint density at radius 1 is 1.22 bits per heavy atom. The van der Waals surface area contributed by atoms with Crippen LogP contribution in [0.25, 0.3) is 10.9 Å². The zero-order chi connectivity index (χ0) is 22.7. The van der Waals surface area contributed by atoms with E-state index >= 15 is 0 Å². The molecule has 1 amide bonds. The van der Waals surface area contributed by atoms with Crippen molar-refractivity contribution in [1.82, 2.24) is 14.5 Å². The number of carbonyl (C=O) groups is 1. The number of thioether (sulfide) groups is 1. The highest BCUT2D eigenvalue weighted by molar-refractivity contribution is 7.99. The molecule has 0 N–H and O–H groups in total. The van der Waals surface area contributed by atoms with Crippen molar-refractivity contribution in [3.05, 3.63) is 93.4 Å². The smallest absolute Gasteiger partial charge is 0.262 e. The Morgan fingerprint density at radius 3 is 2.78 bits per heavy atom. The SMILES string of the molecule is CN(Cc1ccccc1F)C(=O)CSc1nc2cc(Cl)ccc2c(=O)n1Cc1ccco1. The largest absolute Gasteiger partial charge is 0.467 e. The fraction of sp³-hybridized carbons (Fsp3) is 0.174. The summed E-state index contributed by atoms with van der Waals surface area (Å²) in [5.74, 6) is 0.0391. The molecule has 2 aromatic carbocycles. The number of halogens is 2. The molecule has 0 spiro atoms. The monoisotopic (exact) mass is 471 g/mol. The van der Waals surface area contributed by atoms with Crippen molar-refractivity contribution >= 4 is 40.2 Å². The molecule has 0 aliphatic carbocycles. The van der Waals surface area contributed by atoms with Gasteiger partial charge in [-0.15, -0.1) is 0 Å². The van der Waals surface area contributed by atoms with Crippen molar-refractivity contribution in [1.29, 1.82) is 0 Å². The molecule has 0 bridgehead atoms. The van der Waals surface area contributed by atoms with Crippen molar-refractivity contribution in [2.75, 3.05) is 12.8 Å². The van der Waals surface area contributed by atoms with E-state index in [0.717, 1.165) is 11.8 Å². The first kappa shape index (κ1) is 22.1. The van der Waals surface area contributed by atoms with Crippen molar-refractivity contribution in [2.45, 2.75) is 18.2 Å². The van der Waals surface area contributed by atoms with E-state index in [4.69, 9.17) is 16.0 Å². The van der Waals surface area contributed by atoms with E-state index in [1.54, 1.807) is 55.6 Å². The van der Waals surface area contributed by atoms with Crippen LogP contribution in [0.2, 0.25) is 5.02 Å². The molecule has 0 unspecified atom stereocenters. The second-order valence-electron chi connectivity index (χ2n) is 7.16. The number of furan rings is 1. The van der Waals surface area contributed by atoms with Gasteiger partial charge in [0.2, 0.25) is 5.91 Å². The van der Waals surface area contributed by atoms with Gasteiger partial charge in [-0.2, -0.15) is 0 Å². The zero-order valence-electron chi connectivity index (χ0n) is 17.1. The molecule has 2 heterocycles. The minimum atomic E-state index is -0.361. The van der Waals surface area contributed by atoms with Gasteiger partial charge >= 0.3 is 0 Å².